The van der Waals surface area contributed by atoms with Crippen molar-refractivity contribution in [3.05, 3.63) is 71.8 Å². The van der Waals surface area contributed by atoms with Crippen molar-refractivity contribution in [3.63, 3.8) is 0 Å². The summed E-state index contributed by atoms with van der Waals surface area (Å²) in [6, 6.07) is 17.1. The van der Waals surface area contributed by atoms with Gasteiger partial charge in [-0.3, -0.25) is 0 Å². The van der Waals surface area contributed by atoms with Gasteiger partial charge < -0.3 is 19.7 Å². The highest BCUT2D eigenvalue weighted by Gasteiger charge is 2.31. The quantitative estimate of drug-likeness (QED) is 0.258. The van der Waals surface area contributed by atoms with E-state index < -0.39 is 32.0 Å². The number of aliphatic hydroxyl groups is 2. The number of ether oxygens (including phenoxy) is 2. The van der Waals surface area contributed by atoms with E-state index in [4.69, 9.17) is 9.47 Å². The van der Waals surface area contributed by atoms with Gasteiger partial charge in [0.15, 0.2) is 0 Å². The lowest BCUT2D eigenvalue weighted by molar-refractivity contribution is -0.00386. The highest BCUT2D eigenvalue weighted by molar-refractivity contribution is 14.1. The standard InChI is InChI=1S/C20H20I2O6/c21-15(11-27-19(25)13-7-3-1-4-8-13)17(23)18(24)16(22)12-28-20(26)14-9-5-2-6-10-14/h1-10,15-18,23-24H,11-12H2/t15-,16-,17+,18+/m0/s1. The van der Waals surface area contributed by atoms with Crippen LogP contribution in [0.1, 0.15) is 20.7 Å². The zero-order valence-electron chi connectivity index (χ0n) is 14.8. The van der Waals surface area contributed by atoms with Gasteiger partial charge in [0.05, 0.1) is 31.2 Å². The molecule has 2 aromatic carbocycles. The average molecular weight is 610 g/mol. The molecule has 0 saturated carbocycles. The molecule has 0 radical (unpaired) electrons. The molecule has 0 fully saturated rings. The molecule has 6 nitrogen and oxygen atoms in total. The Morgan fingerprint density at radius 1 is 0.714 bits per heavy atom. The molecule has 2 rings (SSSR count). The number of aliphatic hydroxyl groups excluding tert-OH is 2. The van der Waals surface area contributed by atoms with Crippen molar-refractivity contribution in [3.8, 4) is 0 Å². The summed E-state index contributed by atoms with van der Waals surface area (Å²) < 4.78 is 9.33. The number of hydrogen-bond acceptors (Lipinski definition) is 6. The summed E-state index contributed by atoms with van der Waals surface area (Å²) in [6.07, 6.45) is -2.30. The summed E-state index contributed by atoms with van der Waals surface area (Å²) in [5, 5.41) is 20.7. The number of esters is 2. The SMILES string of the molecule is O=C(OC[C@H](I)[C@@H](O)[C@H](O)[C@@H](I)COC(=O)c1ccccc1)c1ccccc1. The maximum absolute atomic E-state index is 12.0. The first-order valence-electron chi connectivity index (χ1n) is 8.48. The van der Waals surface area contributed by atoms with E-state index in [2.05, 4.69) is 0 Å². The van der Waals surface area contributed by atoms with Crippen LogP contribution in [0, 0.1) is 0 Å². The molecule has 0 spiro atoms. The molecule has 0 aliphatic carbocycles. The minimum Gasteiger partial charge on any atom is -0.461 e. The van der Waals surface area contributed by atoms with Gasteiger partial charge in [-0.25, -0.2) is 9.59 Å². The van der Waals surface area contributed by atoms with Crippen LogP contribution in [-0.4, -0.2) is 55.4 Å². The molecule has 2 N–H and O–H groups in total. The molecular formula is C20H20I2O6. The molecule has 0 aliphatic heterocycles. The molecule has 0 heterocycles. The Kier molecular flexibility index (Phi) is 9.62. The fraction of sp³-hybridized carbons (Fsp3) is 0.300. The lowest BCUT2D eigenvalue weighted by Crippen LogP contribution is -2.43. The van der Waals surface area contributed by atoms with Gasteiger partial charge in [-0.2, -0.15) is 0 Å². The Morgan fingerprint density at radius 3 is 1.36 bits per heavy atom. The molecule has 0 aromatic heterocycles. The summed E-state index contributed by atoms with van der Waals surface area (Å²) in [5.41, 5.74) is 0.835. The first-order valence-corrected chi connectivity index (χ1v) is 11.0. The lowest BCUT2D eigenvalue weighted by atomic mass is 10.1. The highest BCUT2D eigenvalue weighted by Crippen LogP contribution is 2.19. The topological polar surface area (TPSA) is 93.1 Å². The molecule has 8 heteroatoms. The second-order valence-corrected chi connectivity index (χ2v) is 9.14. The number of halogens is 2. The predicted octanol–water partition coefficient (Wildman–Crippen LogP) is 3.03. The smallest absolute Gasteiger partial charge is 0.338 e. The second-order valence-electron chi connectivity index (χ2n) is 5.94. The van der Waals surface area contributed by atoms with E-state index in [-0.39, 0.29) is 13.2 Å². The van der Waals surface area contributed by atoms with E-state index >= 15 is 0 Å². The fourth-order valence-corrected chi connectivity index (χ4v) is 3.46. The molecule has 4 atom stereocenters. The first kappa shape index (κ1) is 23.0. The number of carbonyl (C=O) groups excluding carboxylic acids is 2. The number of carbonyl (C=O) groups is 2. The van der Waals surface area contributed by atoms with Crippen molar-refractivity contribution < 1.29 is 29.3 Å². The van der Waals surface area contributed by atoms with E-state index in [1.807, 2.05) is 45.2 Å². The minimum absolute atomic E-state index is 0.0559. The van der Waals surface area contributed by atoms with Gasteiger partial charge in [0.1, 0.15) is 13.2 Å². The first-order chi connectivity index (χ1) is 13.4. The van der Waals surface area contributed by atoms with Crippen LogP contribution in [0.15, 0.2) is 60.7 Å². The van der Waals surface area contributed by atoms with E-state index in [1.165, 1.54) is 0 Å². The van der Waals surface area contributed by atoms with Gasteiger partial charge in [0, 0.05) is 0 Å². The minimum atomic E-state index is -1.15. The van der Waals surface area contributed by atoms with E-state index in [1.54, 1.807) is 60.7 Å². The predicted molar refractivity (Wildman–Crippen MR) is 121 cm³/mol. The van der Waals surface area contributed by atoms with Gasteiger partial charge in [0.25, 0.3) is 0 Å². The van der Waals surface area contributed by atoms with Crippen molar-refractivity contribution in [1.82, 2.24) is 0 Å². The van der Waals surface area contributed by atoms with Crippen LogP contribution in [0.4, 0.5) is 0 Å². The monoisotopic (exact) mass is 610 g/mol. The molecule has 28 heavy (non-hydrogen) atoms. The average Bonchev–Trinajstić information content (AvgIpc) is 2.75. The second kappa shape index (κ2) is 11.7. The summed E-state index contributed by atoms with van der Waals surface area (Å²) in [7, 11) is 0. The van der Waals surface area contributed by atoms with Crippen LogP contribution in [0.25, 0.3) is 0 Å². The maximum atomic E-state index is 12.0. The van der Waals surface area contributed by atoms with Crippen LogP contribution in [0.3, 0.4) is 0 Å². The zero-order valence-corrected chi connectivity index (χ0v) is 19.1. The van der Waals surface area contributed by atoms with E-state index in [0.29, 0.717) is 11.1 Å². The largest absolute Gasteiger partial charge is 0.461 e. The number of alkyl halides is 2. The Labute approximate surface area is 190 Å². The summed E-state index contributed by atoms with van der Waals surface area (Å²) in [5.74, 6) is -0.987. The van der Waals surface area contributed by atoms with Gasteiger partial charge in [-0.15, -0.1) is 0 Å². The maximum Gasteiger partial charge on any atom is 0.338 e. The Morgan fingerprint density at radius 2 is 1.04 bits per heavy atom. The van der Waals surface area contributed by atoms with Crippen molar-refractivity contribution in [2.24, 2.45) is 0 Å². The third-order valence-electron chi connectivity index (χ3n) is 3.86. The Hall–Kier alpha value is -1.24. The number of benzene rings is 2. The molecule has 0 amide bonds. The van der Waals surface area contributed by atoms with Gasteiger partial charge >= 0.3 is 11.9 Å². The molecule has 0 bridgehead atoms. The molecule has 0 aliphatic rings. The molecule has 0 saturated heterocycles. The molecule has 150 valence electrons. The fourth-order valence-electron chi connectivity index (χ4n) is 2.25. The van der Waals surface area contributed by atoms with Crippen LogP contribution in [-0.2, 0) is 9.47 Å². The van der Waals surface area contributed by atoms with Crippen LogP contribution in [0.5, 0.6) is 0 Å². The van der Waals surface area contributed by atoms with Crippen molar-refractivity contribution in [1.29, 1.82) is 0 Å². The van der Waals surface area contributed by atoms with Crippen molar-refractivity contribution >= 4 is 57.1 Å². The number of hydrogen-bond donors (Lipinski definition) is 2. The Balaban J connectivity index is 1.79. The van der Waals surface area contributed by atoms with Gasteiger partial charge in [-0.05, 0) is 24.3 Å². The molecular weight excluding hydrogens is 590 g/mol. The van der Waals surface area contributed by atoms with Gasteiger partial charge in [-0.1, -0.05) is 81.6 Å². The van der Waals surface area contributed by atoms with Crippen LogP contribution in [0.2, 0.25) is 0 Å². The third kappa shape index (κ3) is 6.98. The normalized spacial score (nSPS) is 15.1. The van der Waals surface area contributed by atoms with Crippen molar-refractivity contribution in [2.75, 3.05) is 13.2 Å². The summed E-state index contributed by atoms with van der Waals surface area (Å²) in [6.45, 7) is -0.112. The van der Waals surface area contributed by atoms with Crippen molar-refractivity contribution in [2.45, 2.75) is 20.1 Å². The Bertz CT molecular complexity index is 690. The molecule has 2 aromatic rings. The lowest BCUT2D eigenvalue weighted by Gasteiger charge is -2.26. The van der Waals surface area contributed by atoms with Crippen LogP contribution < -0.4 is 0 Å². The summed E-state index contributed by atoms with van der Waals surface area (Å²) in [4.78, 5) is 23.9. The van der Waals surface area contributed by atoms with Crippen LogP contribution >= 0.6 is 45.2 Å². The zero-order chi connectivity index (χ0) is 20.5. The van der Waals surface area contributed by atoms with E-state index in [0.717, 1.165) is 0 Å². The molecule has 0 unspecified atom stereocenters. The third-order valence-corrected chi connectivity index (χ3v) is 6.05. The van der Waals surface area contributed by atoms with E-state index in [9.17, 15) is 19.8 Å². The van der Waals surface area contributed by atoms with Gasteiger partial charge in [0.2, 0.25) is 0 Å². The summed E-state index contributed by atoms with van der Waals surface area (Å²) >= 11 is 3.84. The number of rotatable bonds is 9. The highest BCUT2D eigenvalue weighted by atomic mass is 127.